The smallest absolute Gasteiger partial charge is 0.270 e. The molecule has 0 atom stereocenters. The van der Waals surface area contributed by atoms with Gasteiger partial charge in [-0.1, -0.05) is 35.5 Å². The molecule has 2 aromatic carbocycles. The van der Waals surface area contributed by atoms with E-state index in [1.54, 1.807) is 30.3 Å². The molecular weight excluding hydrogens is 336 g/mol. The summed E-state index contributed by atoms with van der Waals surface area (Å²) in [6.45, 7) is -0.243. The van der Waals surface area contributed by atoms with Gasteiger partial charge in [0.2, 0.25) is 5.91 Å². The zero-order valence-electron chi connectivity index (χ0n) is 12.4. The van der Waals surface area contributed by atoms with Crippen LogP contribution in [-0.2, 0) is 4.79 Å². The molecule has 0 heterocycles. The molecule has 126 valence electrons. The Bertz CT molecular complexity index is 765. The van der Waals surface area contributed by atoms with Gasteiger partial charge in [-0.3, -0.25) is 14.9 Å². The summed E-state index contributed by atoms with van der Waals surface area (Å²) in [5.74, 6) is -0.467. The molecular formula is C15H15ClN4O4. The number of amides is 1. The van der Waals surface area contributed by atoms with Crippen LogP contribution in [-0.4, -0.2) is 28.3 Å². The number of carbonyl (C=O) groups is 1. The second-order valence-electron chi connectivity index (χ2n) is 4.55. The summed E-state index contributed by atoms with van der Waals surface area (Å²) in [4.78, 5) is 21.9. The number of rotatable bonds is 5. The van der Waals surface area contributed by atoms with Crippen LogP contribution in [0.4, 0.5) is 11.4 Å². The van der Waals surface area contributed by atoms with Gasteiger partial charge in [0, 0.05) is 23.3 Å². The van der Waals surface area contributed by atoms with Crippen LogP contribution in [0.3, 0.4) is 0 Å². The maximum Gasteiger partial charge on any atom is 0.270 e. The molecule has 0 radical (unpaired) electrons. The number of oxime groups is 1. The second kappa shape index (κ2) is 8.61. The average molecular weight is 351 g/mol. The fraction of sp³-hybridized carbons (Fsp3) is 0.0667. The maximum absolute atomic E-state index is 11.5. The molecule has 0 bridgehead atoms. The van der Waals surface area contributed by atoms with E-state index in [0.29, 0.717) is 5.56 Å². The van der Waals surface area contributed by atoms with Crippen molar-refractivity contribution < 1.29 is 14.9 Å². The minimum atomic E-state index is -0.571. The molecule has 8 nitrogen and oxygen atoms in total. The van der Waals surface area contributed by atoms with Gasteiger partial charge in [-0.05, 0) is 6.07 Å². The molecule has 0 unspecified atom stereocenters. The molecule has 2 rings (SSSR count). The number of nitrogens with zero attached hydrogens (tertiary/aromatic N) is 2. The minimum absolute atomic E-state index is 0. The highest BCUT2D eigenvalue weighted by atomic mass is 35.5. The standard InChI is InChI=1S/C15H14N4O4.ClH/c16-9-14(20)17-13-7-6-11(19(22)23)8-12(13)15(18-21)10-4-2-1-3-5-10;/h1-8,21H,9,16H2,(H,17,20);1H/b18-15+;. The lowest BCUT2D eigenvalue weighted by Gasteiger charge is -2.12. The fourth-order valence-electron chi connectivity index (χ4n) is 2.02. The van der Waals surface area contributed by atoms with Crippen molar-refractivity contribution in [2.45, 2.75) is 0 Å². The highest BCUT2D eigenvalue weighted by Gasteiger charge is 2.18. The average Bonchev–Trinajstić information content (AvgIpc) is 2.57. The van der Waals surface area contributed by atoms with Gasteiger partial charge in [-0.2, -0.15) is 0 Å². The molecule has 2 aromatic rings. The first-order chi connectivity index (χ1) is 11.1. The summed E-state index contributed by atoms with van der Waals surface area (Å²) in [6, 6.07) is 12.5. The maximum atomic E-state index is 11.5. The van der Waals surface area contributed by atoms with E-state index in [-0.39, 0.29) is 41.6 Å². The van der Waals surface area contributed by atoms with E-state index < -0.39 is 10.8 Å². The third kappa shape index (κ3) is 4.28. The highest BCUT2D eigenvalue weighted by Crippen LogP contribution is 2.25. The molecule has 0 aliphatic carbocycles. The Hall–Kier alpha value is -2.97. The Morgan fingerprint density at radius 1 is 1.25 bits per heavy atom. The lowest BCUT2D eigenvalue weighted by molar-refractivity contribution is -0.384. The number of nitrogens with two attached hydrogens (primary N) is 1. The molecule has 0 aliphatic rings. The van der Waals surface area contributed by atoms with E-state index >= 15 is 0 Å². The van der Waals surface area contributed by atoms with Gasteiger partial charge in [0.15, 0.2) is 0 Å². The van der Waals surface area contributed by atoms with Crippen LogP contribution in [0.1, 0.15) is 11.1 Å². The fourth-order valence-corrected chi connectivity index (χ4v) is 2.02. The Kier molecular flexibility index (Phi) is 6.84. The van der Waals surface area contributed by atoms with Crippen molar-refractivity contribution in [2.24, 2.45) is 10.9 Å². The number of halogens is 1. The zero-order chi connectivity index (χ0) is 16.8. The number of nitrogens with one attached hydrogen (secondary N) is 1. The van der Waals surface area contributed by atoms with Gasteiger partial charge in [0.1, 0.15) is 5.71 Å². The monoisotopic (exact) mass is 350 g/mol. The Balaban J connectivity index is 0.00000288. The zero-order valence-corrected chi connectivity index (χ0v) is 13.2. The molecule has 0 spiro atoms. The third-order valence-corrected chi connectivity index (χ3v) is 3.08. The number of benzene rings is 2. The second-order valence-corrected chi connectivity index (χ2v) is 4.55. The third-order valence-electron chi connectivity index (χ3n) is 3.08. The Labute approximate surface area is 143 Å². The predicted octanol–water partition coefficient (Wildman–Crippen LogP) is 2.14. The van der Waals surface area contributed by atoms with Crippen LogP contribution >= 0.6 is 12.4 Å². The molecule has 9 heteroatoms. The molecule has 0 fully saturated rings. The van der Waals surface area contributed by atoms with Crippen LogP contribution in [0.15, 0.2) is 53.7 Å². The van der Waals surface area contributed by atoms with Gasteiger partial charge in [0.05, 0.1) is 17.2 Å². The van der Waals surface area contributed by atoms with E-state index in [1.165, 1.54) is 18.2 Å². The van der Waals surface area contributed by atoms with E-state index in [2.05, 4.69) is 10.5 Å². The van der Waals surface area contributed by atoms with E-state index in [0.717, 1.165) is 0 Å². The van der Waals surface area contributed by atoms with Gasteiger partial charge < -0.3 is 16.3 Å². The highest BCUT2D eigenvalue weighted by molar-refractivity contribution is 6.17. The molecule has 0 saturated carbocycles. The summed E-state index contributed by atoms with van der Waals surface area (Å²) in [7, 11) is 0. The molecule has 4 N–H and O–H groups in total. The van der Waals surface area contributed by atoms with Gasteiger partial charge in [0.25, 0.3) is 5.69 Å². The molecule has 24 heavy (non-hydrogen) atoms. The van der Waals surface area contributed by atoms with Gasteiger partial charge in [-0.25, -0.2) is 0 Å². The van der Waals surface area contributed by atoms with Crippen molar-refractivity contribution in [3.05, 3.63) is 69.8 Å². The van der Waals surface area contributed by atoms with Crippen molar-refractivity contribution in [1.82, 2.24) is 0 Å². The largest absolute Gasteiger partial charge is 0.410 e. The number of non-ortho nitro benzene ring substituents is 1. The Morgan fingerprint density at radius 3 is 2.46 bits per heavy atom. The van der Waals surface area contributed by atoms with Crippen LogP contribution in [0.5, 0.6) is 0 Å². The van der Waals surface area contributed by atoms with Crippen LogP contribution in [0.25, 0.3) is 0 Å². The number of anilines is 1. The first-order valence-corrected chi connectivity index (χ1v) is 6.63. The summed E-state index contributed by atoms with van der Waals surface area (Å²) < 4.78 is 0. The van der Waals surface area contributed by atoms with E-state index in [9.17, 15) is 20.1 Å². The Morgan fingerprint density at radius 2 is 1.92 bits per heavy atom. The number of hydrogen-bond acceptors (Lipinski definition) is 6. The van der Waals surface area contributed by atoms with E-state index in [4.69, 9.17) is 5.73 Å². The topological polar surface area (TPSA) is 131 Å². The summed E-state index contributed by atoms with van der Waals surface area (Å²) in [5.41, 5.74) is 6.20. The summed E-state index contributed by atoms with van der Waals surface area (Å²) in [6.07, 6.45) is 0. The number of nitro groups is 1. The van der Waals surface area contributed by atoms with Crippen LogP contribution in [0.2, 0.25) is 0 Å². The van der Waals surface area contributed by atoms with Crippen molar-refractivity contribution in [2.75, 3.05) is 11.9 Å². The molecule has 0 aliphatic heterocycles. The van der Waals surface area contributed by atoms with Crippen molar-refractivity contribution in [3.8, 4) is 0 Å². The SMILES string of the molecule is Cl.NCC(=O)Nc1ccc([N+](=O)[O-])cc1/C(=N/O)c1ccccc1. The minimum Gasteiger partial charge on any atom is -0.410 e. The first kappa shape index (κ1) is 19.1. The van der Waals surface area contributed by atoms with Crippen molar-refractivity contribution in [3.63, 3.8) is 0 Å². The van der Waals surface area contributed by atoms with Crippen LogP contribution in [0, 0.1) is 10.1 Å². The first-order valence-electron chi connectivity index (χ1n) is 6.63. The molecule has 0 saturated heterocycles. The molecule has 1 amide bonds. The van der Waals surface area contributed by atoms with Crippen molar-refractivity contribution in [1.29, 1.82) is 0 Å². The number of hydrogen-bond donors (Lipinski definition) is 3. The van der Waals surface area contributed by atoms with Crippen LogP contribution < -0.4 is 11.1 Å². The van der Waals surface area contributed by atoms with E-state index in [1.807, 2.05) is 0 Å². The lowest BCUT2D eigenvalue weighted by Crippen LogP contribution is -2.23. The molecule has 0 aromatic heterocycles. The normalized spacial score (nSPS) is 10.6. The van der Waals surface area contributed by atoms with Gasteiger partial charge in [-0.15, -0.1) is 12.4 Å². The quantitative estimate of drug-likeness (QED) is 0.329. The van der Waals surface area contributed by atoms with Crippen molar-refractivity contribution >= 4 is 35.4 Å². The van der Waals surface area contributed by atoms with Gasteiger partial charge >= 0.3 is 0 Å². The lowest BCUT2D eigenvalue weighted by atomic mass is 10.00. The summed E-state index contributed by atoms with van der Waals surface area (Å²) in [5, 5.41) is 26.1. The predicted molar refractivity (Wildman–Crippen MR) is 91.9 cm³/mol. The number of nitro benzene ring substituents is 1. The number of carbonyl (C=O) groups excluding carboxylic acids is 1. The summed E-state index contributed by atoms with van der Waals surface area (Å²) >= 11 is 0.